The van der Waals surface area contributed by atoms with Crippen molar-refractivity contribution >= 4 is 6.08 Å². The Morgan fingerprint density at radius 2 is 2.12 bits per heavy atom. The second kappa shape index (κ2) is 4.98. The molecule has 0 saturated carbocycles. The molecule has 1 heterocycles. The predicted octanol–water partition coefficient (Wildman–Crippen LogP) is 1.79. The van der Waals surface area contributed by atoms with Gasteiger partial charge in [-0.05, 0) is 18.1 Å². The number of nitrogens with one attached hydrogen (secondary N) is 1. The van der Waals surface area contributed by atoms with Crippen LogP contribution in [0, 0.1) is 0 Å². The molecule has 0 aliphatic rings. The lowest BCUT2D eigenvalue weighted by molar-refractivity contribution is -0.138. The fourth-order valence-corrected chi connectivity index (χ4v) is 1.10. The lowest BCUT2D eigenvalue weighted by Crippen LogP contribution is -2.21. The number of hydrogen-bond acceptors (Lipinski definition) is 2. The van der Waals surface area contributed by atoms with E-state index < -0.39 is 17.3 Å². The molecule has 0 aliphatic heterocycles. The number of aromatic nitrogens is 1. The second-order valence-corrected chi connectivity index (χ2v) is 3.09. The number of hydrogen-bond donors (Lipinski definition) is 2. The molecule has 1 aromatic rings. The Kier molecular flexibility index (Phi) is 3.89. The molecule has 2 N–H and O–H groups in total. The topological polar surface area (TPSA) is 53.1 Å². The van der Waals surface area contributed by atoms with E-state index in [1.165, 1.54) is 18.3 Å². The molecule has 1 rings (SSSR count). The maximum absolute atomic E-state index is 12.3. The number of halogens is 3. The van der Waals surface area contributed by atoms with Gasteiger partial charge in [0, 0.05) is 12.8 Å². The molecule has 0 saturated heterocycles. The molecule has 16 heavy (non-hydrogen) atoms. The molecule has 88 valence electrons. The number of rotatable bonds is 3. The molecule has 0 unspecified atom stereocenters. The van der Waals surface area contributed by atoms with Crippen LogP contribution in [0.2, 0.25) is 0 Å². The van der Waals surface area contributed by atoms with Gasteiger partial charge >= 0.3 is 6.18 Å². The number of aliphatic hydroxyl groups excluding tert-OH is 1. The molecule has 0 amide bonds. The first-order valence-electron chi connectivity index (χ1n) is 4.52. The van der Waals surface area contributed by atoms with Gasteiger partial charge in [-0.2, -0.15) is 13.2 Å². The van der Waals surface area contributed by atoms with Crippen LogP contribution in [-0.4, -0.2) is 16.7 Å². The summed E-state index contributed by atoms with van der Waals surface area (Å²) in [6, 6.07) is 0.771. The summed E-state index contributed by atoms with van der Waals surface area (Å²) < 4.78 is 37.0. The SMILES string of the molecule is O=c1[nH]cc(C=CCCO)cc1C(F)(F)F. The van der Waals surface area contributed by atoms with Gasteiger partial charge in [-0.3, -0.25) is 4.79 Å². The van der Waals surface area contributed by atoms with E-state index in [1.807, 2.05) is 4.98 Å². The minimum atomic E-state index is -4.66. The number of aromatic amines is 1. The van der Waals surface area contributed by atoms with Gasteiger partial charge in [0.15, 0.2) is 0 Å². The summed E-state index contributed by atoms with van der Waals surface area (Å²) in [5.41, 5.74) is -2.15. The van der Waals surface area contributed by atoms with E-state index in [0.717, 1.165) is 6.07 Å². The maximum atomic E-state index is 12.3. The predicted molar refractivity (Wildman–Crippen MR) is 52.8 cm³/mol. The maximum Gasteiger partial charge on any atom is 0.421 e. The lowest BCUT2D eigenvalue weighted by Gasteiger charge is -2.05. The molecular weight excluding hydrogens is 223 g/mol. The van der Waals surface area contributed by atoms with Gasteiger partial charge in [-0.25, -0.2) is 0 Å². The molecule has 0 fully saturated rings. The van der Waals surface area contributed by atoms with E-state index in [4.69, 9.17) is 5.11 Å². The van der Waals surface area contributed by atoms with Crippen LogP contribution >= 0.6 is 0 Å². The molecule has 0 bridgehead atoms. The molecule has 1 aromatic heterocycles. The van der Waals surface area contributed by atoms with Gasteiger partial charge in [-0.15, -0.1) is 0 Å². The minimum absolute atomic E-state index is 0.0774. The fourth-order valence-electron chi connectivity index (χ4n) is 1.10. The quantitative estimate of drug-likeness (QED) is 0.836. The number of pyridine rings is 1. The van der Waals surface area contributed by atoms with Crippen molar-refractivity contribution in [3.63, 3.8) is 0 Å². The van der Waals surface area contributed by atoms with Crippen molar-refractivity contribution in [2.24, 2.45) is 0 Å². The van der Waals surface area contributed by atoms with Crippen molar-refractivity contribution in [3.05, 3.63) is 39.8 Å². The standard InChI is InChI=1S/C10H10F3NO2/c11-10(12,13)8-5-7(3-1-2-4-15)6-14-9(8)16/h1,3,5-6,15H,2,4H2,(H,14,16). The average Bonchev–Trinajstić information content (AvgIpc) is 2.19. The normalized spacial score (nSPS) is 12.2. The van der Waals surface area contributed by atoms with Gasteiger partial charge in [-0.1, -0.05) is 12.2 Å². The molecule has 0 aromatic carbocycles. The van der Waals surface area contributed by atoms with E-state index in [0.29, 0.717) is 6.42 Å². The first-order valence-corrected chi connectivity index (χ1v) is 4.52. The summed E-state index contributed by atoms with van der Waals surface area (Å²) >= 11 is 0. The van der Waals surface area contributed by atoms with Crippen LogP contribution in [0.3, 0.4) is 0 Å². The van der Waals surface area contributed by atoms with Gasteiger partial charge < -0.3 is 10.1 Å². The number of H-pyrrole nitrogens is 1. The second-order valence-electron chi connectivity index (χ2n) is 3.09. The first kappa shape index (κ1) is 12.5. The summed E-state index contributed by atoms with van der Waals surface area (Å²) in [5, 5.41) is 8.48. The van der Waals surface area contributed by atoms with Crippen molar-refractivity contribution in [1.82, 2.24) is 4.98 Å². The molecule has 0 atom stereocenters. The van der Waals surface area contributed by atoms with Crippen molar-refractivity contribution < 1.29 is 18.3 Å². The van der Waals surface area contributed by atoms with Crippen molar-refractivity contribution in [2.75, 3.05) is 6.61 Å². The Morgan fingerprint density at radius 3 is 2.69 bits per heavy atom. The lowest BCUT2D eigenvalue weighted by atomic mass is 10.2. The monoisotopic (exact) mass is 233 g/mol. The highest BCUT2D eigenvalue weighted by molar-refractivity contribution is 5.48. The summed E-state index contributed by atoms with van der Waals surface area (Å²) in [4.78, 5) is 12.9. The zero-order valence-corrected chi connectivity index (χ0v) is 8.21. The van der Waals surface area contributed by atoms with Gasteiger partial charge in [0.25, 0.3) is 5.56 Å². The van der Waals surface area contributed by atoms with Crippen molar-refractivity contribution in [3.8, 4) is 0 Å². The van der Waals surface area contributed by atoms with E-state index in [1.54, 1.807) is 0 Å². The zero-order valence-electron chi connectivity index (χ0n) is 8.21. The van der Waals surface area contributed by atoms with Crippen molar-refractivity contribution in [2.45, 2.75) is 12.6 Å². The Hall–Kier alpha value is -1.56. The third-order valence-corrected chi connectivity index (χ3v) is 1.84. The Balaban J connectivity index is 3.04. The highest BCUT2D eigenvalue weighted by atomic mass is 19.4. The van der Waals surface area contributed by atoms with Crippen LogP contribution in [-0.2, 0) is 6.18 Å². The van der Waals surface area contributed by atoms with E-state index in [2.05, 4.69) is 0 Å². The highest BCUT2D eigenvalue weighted by Crippen LogP contribution is 2.26. The molecule has 0 aliphatic carbocycles. The Bertz CT molecular complexity index is 434. The number of aliphatic hydroxyl groups is 1. The van der Waals surface area contributed by atoms with E-state index >= 15 is 0 Å². The summed E-state index contributed by atoms with van der Waals surface area (Å²) in [6.07, 6.45) is -0.199. The first-order chi connectivity index (χ1) is 7.45. The third-order valence-electron chi connectivity index (χ3n) is 1.84. The van der Waals surface area contributed by atoms with Crippen molar-refractivity contribution in [1.29, 1.82) is 0 Å². The molecule has 3 nitrogen and oxygen atoms in total. The van der Waals surface area contributed by atoms with Crippen LogP contribution in [0.15, 0.2) is 23.1 Å². The fraction of sp³-hybridized carbons (Fsp3) is 0.300. The largest absolute Gasteiger partial charge is 0.421 e. The summed E-state index contributed by atoms with van der Waals surface area (Å²) in [5.74, 6) is 0. The van der Waals surface area contributed by atoms with Gasteiger partial charge in [0.05, 0.1) is 0 Å². The summed E-state index contributed by atoms with van der Waals surface area (Å²) in [7, 11) is 0. The average molecular weight is 233 g/mol. The summed E-state index contributed by atoms with van der Waals surface area (Å²) in [6.45, 7) is -0.0774. The molecule has 0 spiro atoms. The van der Waals surface area contributed by atoms with Crippen LogP contribution in [0.5, 0.6) is 0 Å². The van der Waals surface area contributed by atoms with Gasteiger partial charge in [0.2, 0.25) is 0 Å². The van der Waals surface area contributed by atoms with Gasteiger partial charge in [0.1, 0.15) is 5.56 Å². The Morgan fingerprint density at radius 1 is 1.44 bits per heavy atom. The molecular formula is C10H10F3NO2. The molecule has 6 heteroatoms. The smallest absolute Gasteiger partial charge is 0.396 e. The third kappa shape index (κ3) is 3.23. The number of alkyl halides is 3. The van der Waals surface area contributed by atoms with E-state index in [-0.39, 0.29) is 12.2 Å². The van der Waals surface area contributed by atoms with Crippen LogP contribution in [0.1, 0.15) is 17.5 Å². The Labute approximate surface area is 89.2 Å². The zero-order chi connectivity index (χ0) is 12.2. The minimum Gasteiger partial charge on any atom is -0.396 e. The van der Waals surface area contributed by atoms with E-state index in [9.17, 15) is 18.0 Å². The van der Waals surface area contributed by atoms with Crippen LogP contribution in [0.25, 0.3) is 6.08 Å². The van der Waals surface area contributed by atoms with Crippen LogP contribution in [0.4, 0.5) is 13.2 Å². The highest BCUT2D eigenvalue weighted by Gasteiger charge is 2.33. The molecule has 0 radical (unpaired) electrons. The van der Waals surface area contributed by atoms with Crippen LogP contribution < -0.4 is 5.56 Å².